The minimum absolute atomic E-state index is 0.00223. The number of rotatable bonds is 7. The Balaban J connectivity index is 2.58. The highest BCUT2D eigenvalue weighted by molar-refractivity contribution is 5.95. The van der Waals surface area contributed by atoms with Gasteiger partial charge in [0, 0.05) is 18.5 Å². The summed E-state index contributed by atoms with van der Waals surface area (Å²) in [4.78, 5) is 23.3. The van der Waals surface area contributed by atoms with Crippen LogP contribution in [0.25, 0.3) is 0 Å². The molecule has 0 fully saturated rings. The lowest BCUT2D eigenvalue weighted by molar-refractivity contribution is -0.120. The smallest absolute Gasteiger partial charge is 0.250 e. The van der Waals surface area contributed by atoms with E-state index in [2.05, 4.69) is 10.6 Å². The van der Waals surface area contributed by atoms with E-state index in [0.29, 0.717) is 11.4 Å². The second-order valence-electron chi connectivity index (χ2n) is 4.96. The maximum atomic E-state index is 11.9. The van der Waals surface area contributed by atoms with Crippen molar-refractivity contribution in [1.29, 1.82) is 0 Å². The van der Waals surface area contributed by atoms with Gasteiger partial charge in [0.1, 0.15) is 6.61 Å². The second-order valence-corrected chi connectivity index (χ2v) is 4.96. The Bertz CT molecular complexity index is 474. The summed E-state index contributed by atoms with van der Waals surface area (Å²) < 4.78 is 4.73. The molecule has 1 aromatic carbocycles. The summed E-state index contributed by atoms with van der Waals surface area (Å²) in [6.07, 6.45) is 0.846. The summed E-state index contributed by atoms with van der Waals surface area (Å²) >= 11 is 0. The highest BCUT2D eigenvalue weighted by Crippen LogP contribution is 2.15. The number of ether oxygens (including phenoxy) is 1. The van der Waals surface area contributed by atoms with Crippen LogP contribution in [0.5, 0.6) is 0 Å². The third-order valence-corrected chi connectivity index (χ3v) is 3.27. The standard InChI is InChI=1S/C15H23N3O3/c1-4-10(2)14(16)15(20)18-12-7-5-11(6-8-12)17-13(19)9-21-3/h5-8,10,14H,4,9,16H2,1-3H3,(H,17,19)(H,18,20). The molecule has 0 saturated carbocycles. The molecule has 0 radical (unpaired) electrons. The van der Waals surface area contributed by atoms with E-state index in [1.54, 1.807) is 24.3 Å². The minimum atomic E-state index is -0.531. The first-order valence-corrected chi connectivity index (χ1v) is 6.93. The van der Waals surface area contributed by atoms with Crippen molar-refractivity contribution in [1.82, 2.24) is 0 Å². The zero-order valence-corrected chi connectivity index (χ0v) is 12.7. The topological polar surface area (TPSA) is 93.5 Å². The fraction of sp³-hybridized carbons (Fsp3) is 0.467. The molecule has 2 amide bonds. The molecular formula is C15H23N3O3. The van der Waals surface area contributed by atoms with Crippen LogP contribution in [0.4, 0.5) is 11.4 Å². The molecule has 0 aliphatic heterocycles. The molecule has 0 heterocycles. The van der Waals surface area contributed by atoms with Crippen molar-refractivity contribution in [3.63, 3.8) is 0 Å². The number of hydrogen-bond acceptors (Lipinski definition) is 4. The van der Waals surface area contributed by atoms with Crippen LogP contribution in [0.15, 0.2) is 24.3 Å². The summed E-state index contributed by atoms with van der Waals surface area (Å²) in [5.74, 6) is -0.314. The van der Waals surface area contributed by atoms with Gasteiger partial charge in [0.25, 0.3) is 0 Å². The van der Waals surface area contributed by atoms with Crippen LogP contribution in [-0.4, -0.2) is 31.6 Å². The van der Waals surface area contributed by atoms with E-state index in [1.807, 2.05) is 13.8 Å². The summed E-state index contributed by atoms with van der Waals surface area (Å²) in [7, 11) is 1.46. The molecule has 1 aromatic rings. The summed E-state index contributed by atoms with van der Waals surface area (Å²) in [6, 6.07) is 6.31. The van der Waals surface area contributed by atoms with Crippen molar-refractivity contribution in [2.75, 3.05) is 24.4 Å². The zero-order chi connectivity index (χ0) is 15.8. The first-order valence-electron chi connectivity index (χ1n) is 6.93. The van der Waals surface area contributed by atoms with Crippen LogP contribution in [0.1, 0.15) is 20.3 Å². The maximum Gasteiger partial charge on any atom is 0.250 e. The van der Waals surface area contributed by atoms with E-state index in [9.17, 15) is 9.59 Å². The Kier molecular flexibility index (Phi) is 6.84. The summed E-state index contributed by atoms with van der Waals surface area (Å²) in [6.45, 7) is 3.94. The van der Waals surface area contributed by atoms with Gasteiger partial charge in [0.15, 0.2) is 0 Å². The summed E-state index contributed by atoms with van der Waals surface area (Å²) in [5.41, 5.74) is 7.15. The van der Waals surface area contributed by atoms with Crippen LogP contribution >= 0.6 is 0 Å². The fourth-order valence-corrected chi connectivity index (χ4v) is 1.70. The number of carbonyl (C=O) groups excluding carboxylic acids is 2. The van der Waals surface area contributed by atoms with Gasteiger partial charge in [-0.05, 0) is 30.2 Å². The van der Waals surface area contributed by atoms with Crippen molar-refractivity contribution in [2.45, 2.75) is 26.3 Å². The molecule has 2 atom stereocenters. The molecule has 6 nitrogen and oxygen atoms in total. The van der Waals surface area contributed by atoms with Gasteiger partial charge in [-0.15, -0.1) is 0 Å². The third kappa shape index (κ3) is 5.53. The molecule has 21 heavy (non-hydrogen) atoms. The zero-order valence-electron chi connectivity index (χ0n) is 12.7. The summed E-state index contributed by atoms with van der Waals surface area (Å²) in [5, 5.41) is 5.43. The highest BCUT2D eigenvalue weighted by Gasteiger charge is 2.19. The fourth-order valence-electron chi connectivity index (χ4n) is 1.70. The van der Waals surface area contributed by atoms with E-state index in [1.165, 1.54) is 7.11 Å². The van der Waals surface area contributed by atoms with Gasteiger partial charge in [-0.2, -0.15) is 0 Å². The second kappa shape index (κ2) is 8.39. The molecule has 1 rings (SSSR count). The normalized spacial score (nSPS) is 13.3. The molecule has 4 N–H and O–H groups in total. The Hall–Kier alpha value is -1.92. The molecule has 0 aliphatic carbocycles. The van der Waals surface area contributed by atoms with Gasteiger partial charge < -0.3 is 21.1 Å². The molecule has 0 aromatic heterocycles. The molecule has 6 heteroatoms. The Morgan fingerprint density at radius 2 is 1.71 bits per heavy atom. The maximum absolute atomic E-state index is 11.9. The predicted molar refractivity (Wildman–Crippen MR) is 83.0 cm³/mol. The number of nitrogens with one attached hydrogen (secondary N) is 2. The van der Waals surface area contributed by atoms with Crippen molar-refractivity contribution < 1.29 is 14.3 Å². The van der Waals surface area contributed by atoms with Crippen LogP contribution in [-0.2, 0) is 14.3 Å². The van der Waals surface area contributed by atoms with Gasteiger partial charge in [-0.1, -0.05) is 20.3 Å². The number of benzene rings is 1. The molecule has 0 spiro atoms. The molecule has 2 unspecified atom stereocenters. The van der Waals surface area contributed by atoms with Gasteiger partial charge in [-0.25, -0.2) is 0 Å². The van der Waals surface area contributed by atoms with Crippen molar-refractivity contribution in [3.8, 4) is 0 Å². The van der Waals surface area contributed by atoms with Gasteiger partial charge in [-0.3, -0.25) is 9.59 Å². The molecule has 116 valence electrons. The predicted octanol–water partition coefficient (Wildman–Crippen LogP) is 1.58. The molecule has 0 aliphatic rings. The lowest BCUT2D eigenvalue weighted by Crippen LogP contribution is -2.40. The number of nitrogens with two attached hydrogens (primary N) is 1. The van der Waals surface area contributed by atoms with Crippen molar-refractivity contribution >= 4 is 23.2 Å². The lowest BCUT2D eigenvalue weighted by atomic mass is 9.99. The quantitative estimate of drug-likeness (QED) is 0.711. The van der Waals surface area contributed by atoms with Crippen LogP contribution in [0, 0.1) is 5.92 Å². The van der Waals surface area contributed by atoms with E-state index in [-0.39, 0.29) is 24.3 Å². The van der Waals surface area contributed by atoms with Crippen LogP contribution < -0.4 is 16.4 Å². The van der Waals surface area contributed by atoms with Gasteiger partial charge >= 0.3 is 0 Å². The van der Waals surface area contributed by atoms with Crippen molar-refractivity contribution in [2.24, 2.45) is 11.7 Å². The SMILES string of the molecule is CCC(C)C(N)C(=O)Nc1ccc(NC(=O)COC)cc1. The van der Waals surface area contributed by atoms with Gasteiger partial charge in [0.05, 0.1) is 6.04 Å². The van der Waals surface area contributed by atoms with Crippen LogP contribution in [0.3, 0.4) is 0 Å². The lowest BCUT2D eigenvalue weighted by Gasteiger charge is -2.17. The minimum Gasteiger partial charge on any atom is -0.375 e. The van der Waals surface area contributed by atoms with E-state index >= 15 is 0 Å². The van der Waals surface area contributed by atoms with Crippen LogP contribution in [0.2, 0.25) is 0 Å². The number of amides is 2. The Morgan fingerprint density at radius 3 is 2.19 bits per heavy atom. The number of hydrogen-bond donors (Lipinski definition) is 3. The molecule has 0 saturated heterocycles. The highest BCUT2D eigenvalue weighted by atomic mass is 16.5. The Morgan fingerprint density at radius 1 is 1.19 bits per heavy atom. The first kappa shape index (κ1) is 17.1. The first-order chi connectivity index (χ1) is 9.97. The largest absolute Gasteiger partial charge is 0.375 e. The van der Waals surface area contributed by atoms with Crippen molar-refractivity contribution in [3.05, 3.63) is 24.3 Å². The number of methoxy groups -OCH3 is 1. The number of carbonyl (C=O) groups is 2. The van der Waals surface area contributed by atoms with E-state index in [4.69, 9.17) is 10.5 Å². The average molecular weight is 293 g/mol. The van der Waals surface area contributed by atoms with E-state index < -0.39 is 6.04 Å². The third-order valence-electron chi connectivity index (χ3n) is 3.27. The van der Waals surface area contributed by atoms with E-state index in [0.717, 1.165) is 6.42 Å². The molecule has 0 bridgehead atoms. The monoisotopic (exact) mass is 293 g/mol. The van der Waals surface area contributed by atoms with Gasteiger partial charge in [0.2, 0.25) is 11.8 Å². The Labute approximate surface area is 125 Å². The number of anilines is 2. The average Bonchev–Trinajstić information content (AvgIpc) is 2.47. The molecular weight excluding hydrogens is 270 g/mol.